The zero-order valence-electron chi connectivity index (χ0n) is 12.6. The van der Waals surface area contributed by atoms with Gasteiger partial charge in [-0.25, -0.2) is 8.42 Å². The van der Waals surface area contributed by atoms with Crippen LogP contribution in [0.4, 0.5) is 0 Å². The molecule has 0 amide bonds. The second-order valence-corrected chi connectivity index (χ2v) is 7.70. The van der Waals surface area contributed by atoms with Crippen LogP contribution in [-0.4, -0.2) is 31.9 Å². The monoisotopic (exact) mass is 372 g/mol. The van der Waals surface area contributed by atoms with E-state index in [1.54, 1.807) is 13.0 Å². The van der Waals surface area contributed by atoms with Gasteiger partial charge in [-0.15, -0.1) is 6.42 Å². The van der Waals surface area contributed by atoms with Gasteiger partial charge in [-0.05, 0) is 33.6 Å². The largest absolute Gasteiger partial charge is 0.310 e. The van der Waals surface area contributed by atoms with Crippen molar-refractivity contribution in [1.82, 2.24) is 9.62 Å². The maximum atomic E-state index is 12.5. The Bertz CT molecular complexity index is 621. The number of benzene rings is 1. The van der Waals surface area contributed by atoms with E-state index in [1.165, 1.54) is 4.31 Å². The van der Waals surface area contributed by atoms with Crippen molar-refractivity contribution in [3.8, 4) is 12.3 Å². The van der Waals surface area contributed by atoms with Crippen molar-refractivity contribution in [3.05, 3.63) is 28.2 Å². The molecule has 1 N–H and O–H groups in total. The van der Waals surface area contributed by atoms with Gasteiger partial charge in [0, 0.05) is 23.6 Å². The van der Waals surface area contributed by atoms with Crippen LogP contribution in [0.15, 0.2) is 27.6 Å². The van der Waals surface area contributed by atoms with Gasteiger partial charge in [0.25, 0.3) is 0 Å². The van der Waals surface area contributed by atoms with Crippen molar-refractivity contribution in [1.29, 1.82) is 0 Å². The predicted molar refractivity (Wildman–Crippen MR) is 89.4 cm³/mol. The van der Waals surface area contributed by atoms with Crippen molar-refractivity contribution in [2.45, 2.75) is 38.3 Å². The van der Waals surface area contributed by atoms with Crippen molar-refractivity contribution < 1.29 is 8.42 Å². The molecule has 0 unspecified atom stereocenters. The second-order valence-electron chi connectivity index (χ2n) is 4.94. The molecule has 21 heavy (non-hydrogen) atoms. The molecule has 4 nitrogen and oxygen atoms in total. The van der Waals surface area contributed by atoms with E-state index in [2.05, 4.69) is 41.0 Å². The highest BCUT2D eigenvalue weighted by molar-refractivity contribution is 9.10. The summed E-state index contributed by atoms with van der Waals surface area (Å²) in [6.07, 6.45) is 5.23. The van der Waals surface area contributed by atoms with Crippen LogP contribution in [0, 0.1) is 12.3 Å². The molecule has 0 aliphatic carbocycles. The van der Waals surface area contributed by atoms with Gasteiger partial charge in [-0.3, -0.25) is 0 Å². The molecule has 0 aliphatic rings. The molecule has 0 radical (unpaired) electrons. The molecule has 0 bridgehead atoms. The summed E-state index contributed by atoms with van der Waals surface area (Å²) in [5, 5.41) is 3.29. The number of nitrogens with zero attached hydrogens (tertiary/aromatic N) is 1. The molecule has 1 rings (SSSR count). The van der Waals surface area contributed by atoms with Gasteiger partial charge in [0.05, 0.1) is 11.4 Å². The molecular weight excluding hydrogens is 352 g/mol. The maximum absolute atomic E-state index is 12.5. The zero-order valence-corrected chi connectivity index (χ0v) is 15.0. The van der Waals surface area contributed by atoms with Crippen LogP contribution in [0.2, 0.25) is 0 Å². The Hall–Kier alpha value is -0.870. The quantitative estimate of drug-likeness (QED) is 0.748. The summed E-state index contributed by atoms with van der Waals surface area (Å²) in [6, 6.07) is 5.64. The molecule has 0 fully saturated rings. The minimum absolute atomic E-state index is 0.0714. The van der Waals surface area contributed by atoms with Crippen LogP contribution < -0.4 is 5.32 Å². The van der Waals surface area contributed by atoms with E-state index < -0.39 is 10.0 Å². The molecule has 0 atom stereocenters. The molecule has 6 heteroatoms. The van der Waals surface area contributed by atoms with E-state index in [0.29, 0.717) is 23.6 Å². The molecule has 116 valence electrons. The SMILES string of the molecule is C#CCN(CC)S(=O)(=O)c1ccc(CNC(C)C)cc1Br. The van der Waals surface area contributed by atoms with Crippen molar-refractivity contribution in [2.75, 3.05) is 13.1 Å². The molecule has 1 aromatic carbocycles. The number of halogens is 1. The smallest absolute Gasteiger partial charge is 0.245 e. The van der Waals surface area contributed by atoms with Gasteiger partial charge in [0.1, 0.15) is 0 Å². The maximum Gasteiger partial charge on any atom is 0.245 e. The first-order valence-corrected chi connectivity index (χ1v) is 9.01. The standard InChI is InChI=1S/C15H21BrN2O2S/c1-5-9-18(6-2)21(19,20)15-8-7-13(10-14(15)16)11-17-12(3)4/h1,7-8,10,12,17H,6,9,11H2,2-4H3. The summed E-state index contributed by atoms with van der Waals surface area (Å²) in [7, 11) is -3.57. The van der Waals surface area contributed by atoms with Gasteiger partial charge in [-0.1, -0.05) is 32.8 Å². The van der Waals surface area contributed by atoms with Crippen LogP contribution in [0.5, 0.6) is 0 Å². The Morgan fingerprint density at radius 2 is 2.10 bits per heavy atom. The fourth-order valence-electron chi connectivity index (χ4n) is 1.79. The minimum atomic E-state index is -3.57. The zero-order chi connectivity index (χ0) is 16.0. The van der Waals surface area contributed by atoms with Crippen molar-refractivity contribution >= 4 is 26.0 Å². The van der Waals surface area contributed by atoms with Gasteiger partial charge in [-0.2, -0.15) is 4.31 Å². The third kappa shape index (κ3) is 4.82. The van der Waals surface area contributed by atoms with Crippen LogP contribution >= 0.6 is 15.9 Å². The Labute approximate surface area is 136 Å². The highest BCUT2D eigenvalue weighted by Crippen LogP contribution is 2.26. The van der Waals surface area contributed by atoms with E-state index in [9.17, 15) is 8.42 Å². The van der Waals surface area contributed by atoms with Gasteiger partial charge >= 0.3 is 0 Å². The van der Waals surface area contributed by atoms with Crippen molar-refractivity contribution in [3.63, 3.8) is 0 Å². The van der Waals surface area contributed by atoms with E-state index in [1.807, 2.05) is 12.1 Å². The van der Waals surface area contributed by atoms with Gasteiger partial charge in [0.2, 0.25) is 10.0 Å². The Balaban J connectivity index is 3.06. The fourth-order valence-corrected chi connectivity index (χ4v) is 4.24. The number of terminal acetylenes is 1. The summed E-state index contributed by atoms with van der Waals surface area (Å²) < 4.78 is 26.9. The number of hydrogen-bond donors (Lipinski definition) is 1. The lowest BCUT2D eigenvalue weighted by Gasteiger charge is -2.19. The minimum Gasteiger partial charge on any atom is -0.310 e. The third-order valence-corrected chi connectivity index (χ3v) is 5.85. The molecule has 1 aromatic rings. The topological polar surface area (TPSA) is 49.4 Å². The Morgan fingerprint density at radius 3 is 2.57 bits per heavy atom. The van der Waals surface area contributed by atoms with Crippen LogP contribution in [0.3, 0.4) is 0 Å². The van der Waals surface area contributed by atoms with Crippen LogP contribution in [-0.2, 0) is 16.6 Å². The summed E-state index contributed by atoms with van der Waals surface area (Å²) in [5.41, 5.74) is 1.02. The second kappa shape index (κ2) is 7.95. The van der Waals surface area contributed by atoms with E-state index >= 15 is 0 Å². The van der Waals surface area contributed by atoms with Crippen molar-refractivity contribution in [2.24, 2.45) is 0 Å². The Morgan fingerprint density at radius 1 is 1.43 bits per heavy atom. The lowest BCUT2D eigenvalue weighted by Crippen LogP contribution is -2.31. The van der Waals surface area contributed by atoms with Crippen LogP contribution in [0.1, 0.15) is 26.3 Å². The lowest BCUT2D eigenvalue weighted by atomic mass is 10.2. The molecule has 0 saturated carbocycles. The van der Waals surface area contributed by atoms with Crippen LogP contribution in [0.25, 0.3) is 0 Å². The molecule has 0 aromatic heterocycles. The van der Waals surface area contributed by atoms with E-state index in [0.717, 1.165) is 5.56 Å². The fraction of sp³-hybridized carbons (Fsp3) is 0.467. The van der Waals surface area contributed by atoms with E-state index in [-0.39, 0.29) is 11.4 Å². The average Bonchev–Trinajstić information content (AvgIpc) is 2.42. The van der Waals surface area contributed by atoms with Gasteiger partial charge in [0.15, 0.2) is 0 Å². The highest BCUT2D eigenvalue weighted by atomic mass is 79.9. The molecule has 0 aliphatic heterocycles. The normalized spacial score (nSPS) is 11.9. The summed E-state index contributed by atoms with van der Waals surface area (Å²) >= 11 is 3.35. The predicted octanol–water partition coefficient (Wildman–Crippen LogP) is 2.59. The third-order valence-electron chi connectivity index (χ3n) is 2.95. The molecule has 0 heterocycles. The highest BCUT2D eigenvalue weighted by Gasteiger charge is 2.24. The summed E-state index contributed by atoms with van der Waals surface area (Å²) in [4.78, 5) is 0.243. The Kier molecular flexibility index (Phi) is 6.88. The summed E-state index contributed by atoms with van der Waals surface area (Å²) in [6.45, 7) is 7.00. The average molecular weight is 373 g/mol. The number of hydrogen-bond acceptors (Lipinski definition) is 3. The molecular formula is C15H21BrN2O2S. The first kappa shape index (κ1) is 18.2. The first-order valence-electron chi connectivity index (χ1n) is 6.78. The van der Waals surface area contributed by atoms with Gasteiger partial charge < -0.3 is 5.32 Å². The van der Waals surface area contributed by atoms with E-state index in [4.69, 9.17) is 6.42 Å². The number of nitrogens with one attached hydrogen (secondary N) is 1. The molecule has 0 saturated heterocycles. The lowest BCUT2D eigenvalue weighted by molar-refractivity contribution is 0.463. The molecule has 0 spiro atoms. The number of rotatable bonds is 7. The first-order chi connectivity index (χ1) is 9.82. The number of sulfonamides is 1. The summed E-state index contributed by atoms with van der Waals surface area (Å²) in [5.74, 6) is 2.38.